The zero-order valence-electron chi connectivity index (χ0n) is 14.8. The molecule has 27 heavy (non-hydrogen) atoms. The van der Waals surface area contributed by atoms with Crippen LogP contribution < -0.4 is 15.8 Å². The minimum atomic E-state index is -3.65. The Balaban J connectivity index is 1.88. The normalized spacial score (nSPS) is 17.1. The molecule has 1 aliphatic heterocycles. The van der Waals surface area contributed by atoms with Crippen molar-refractivity contribution in [2.45, 2.75) is 37.1 Å². The van der Waals surface area contributed by atoms with E-state index in [1.165, 1.54) is 12.3 Å². The van der Waals surface area contributed by atoms with Gasteiger partial charge in [0.1, 0.15) is 17.7 Å². The van der Waals surface area contributed by atoms with Crippen molar-refractivity contribution in [3.05, 3.63) is 48.2 Å². The molecule has 0 fully saturated rings. The second-order valence-electron chi connectivity index (χ2n) is 6.20. The summed E-state index contributed by atoms with van der Waals surface area (Å²) in [6.45, 7) is 2.01. The Morgan fingerprint density at radius 2 is 2.07 bits per heavy atom. The van der Waals surface area contributed by atoms with Gasteiger partial charge in [0.15, 0.2) is 0 Å². The van der Waals surface area contributed by atoms with Gasteiger partial charge in [-0.15, -0.1) is 0 Å². The van der Waals surface area contributed by atoms with Crippen LogP contribution in [0.15, 0.2) is 52.5 Å². The molecule has 1 aliphatic rings. The molecule has 1 unspecified atom stereocenters. The number of amides is 1. The average Bonchev–Trinajstić information content (AvgIpc) is 2.91. The predicted molar refractivity (Wildman–Crippen MR) is 104 cm³/mol. The Morgan fingerprint density at radius 3 is 2.78 bits per heavy atom. The lowest BCUT2D eigenvalue weighted by atomic mass is 10.1. The van der Waals surface area contributed by atoms with Crippen molar-refractivity contribution in [2.24, 2.45) is 4.99 Å². The number of anilines is 2. The number of fused-ring (bicyclic) bond motifs is 1. The molecule has 0 saturated heterocycles. The maximum absolute atomic E-state index is 12.7. The molecule has 9 heteroatoms. The highest BCUT2D eigenvalue weighted by atomic mass is 32.2. The van der Waals surface area contributed by atoms with E-state index >= 15 is 0 Å². The number of hydrogen-bond donors (Lipinski definition) is 3. The SMILES string of the molecule is CCCCC(N=C1NS(=O)(=O)c2ccccc21)C(=O)Nc1ccc(N)nc1. The maximum Gasteiger partial charge on any atom is 0.263 e. The van der Waals surface area contributed by atoms with Gasteiger partial charge in [0.25, 0.3) is 10.0 Å². The van der Waals surface area contributed by atoms with Crippen molar-refractivity contribution in [2.75, 3.05) is 11.1 Å². The van der Waals surface area contributed by atoms with Gasteiger partial charge >= 0.3 is 0 Å². The van der Waals surface area contributed by atoms with Gasteiger partial charge in [-0.3, -0.25) is 14.5 Å². The number of carbonyl (C=O) groups is 1. The van der Waals surface area contributed by atoms with E-state index < -0.39 is 16.1 Å². The zero-order valence-corrected chi connectivity index (χ0v) is 15.7. The molecule has 4 N–H and O–H groups in total. The van der Waals surface area contributed by atoms with Crippen LogP contribution in [0.5, 0.6) is 0 Å². The van der Waals surface area contributed by atoms with Crippen molar-refractivity contribution in [3.63, 3.8) is 0 Å². The van der Waals surface area contributed by atoms with Crippen LogP contribution in [0, 0.1) is 0 Å². The minimum Gasteiger partial charge on any atom is -0.384 e. The van der Waals surface area contributed by atoms with Crippen molar-refractivity contribution in [1.29, 1.82) is 0 Å². The number of sulfonamides is 1. The molecule has 2 heterocycles. The lowest BCUT2D eigenvalue weighted by molar-refractivity contribution is -0.117. The van der Waals surface area contributed by atoms with Gasteiger partial charge in [-0.25, -0.2) is 13.4 Å². The van der Waals surface area contributed by atoms with Gasteiger partial charge in [-0.05, 0) is 30.7 Å². The number of nitrogen functional groups attached to an aromatic ring is 1. The van der Waals surface area contributed by atoms with Gasteiger partial charge in [-0.1, -0.05) is 31.9 Å². The Kier molecular flexibility index (Phi) is 5.41. The highest BCUT2D eigenvalue weighted by Crippen LogP contribution is 2.23. The molecular weight excluding hydrogens is 366 g/mol. The number of unbranched alkanes of at least 4 members (excludes halogenated alkanes) is 1. The second-order valence-corrected chi connectivity index (χ2v) is 7.85. The summed E-state index contributed by atoms with van der Waals surface area (Å²) in [6.07, 6.45) is 3.63. The maximum atomic E-state index is 12.7. The van der Waals surface area contributed by atoms with Gasteiger partial charge in [-0.2, -0.15) is 0 Å². The first-order chi connectivity index (χ1) is 12.9. The number of amidine groups is 1. The molecule has 142 valence electrons. The Bertz CT molecular complexity index is 971. The largest absolute Gasteiger partial charge is 0.384 e. The molecule has 1 aromatic carbocycles. The standard InChI is InChI=1S/C18H21N5O3S/c1-2-3-7-14(18(24)21-12-9-10-16(19)20-11-12)22-17-13-6-4-5-8-15(13)27(25,26)23-17/h4-6,8-11,14H,2-3,7H2,1H3,(H2,19,20)(H,21,24)(H,22,23). The number of carbonyl (C=O) groups excluding carboxylic acids is 1. The molecule has 3 rings (SSSR count). The van der Waals surface area contributed by atoms with E-state index in [-0.39, 0.29) is 16.6 Å². The van der Waals surface area contributed by atoms with Gasteiger partial charge < -0.3 is 11.1 Å². The third kappa shape index (κ3) is 4.25. The number of aliphatic imine (C=N–C) groups is 1. The predicted octanol–water partition coefficient (Wildman–Crippen LogP) is 1.90. The summed E-state index contributed by atoms with van der Waals surface area (Å²) in [5.41, 5.74) is 6.53. The lowest BCUT2D eigenvalue weighted by Crippen LogP contribution is -2.30. The third-order valence-electron chi connectivity index (χ3n) is 4.14. The van der Waals surface area contributed by atoms with E-state index in [4.69, 9.17) is 5.73 Å². The molecule has 8 nitrogen and oxygen atoms in total. The van der Waals surface area contributed by atoms with Crippen LogP contribution >= 0.6 is 0 Å². The molecule has 1 atom stereocenters. The van der Waals surface area contributed by atoms with Crippen LogP contribution in [0.25, 0.3) is 0 Å². The fraction of sp³-hybridized carbons (Fsp3) is 0.278. The first-order valence-electron chi connectivity index (χ1n) is 8.63. The highest BCUT2D eigenvalue weighted by molar-refractivity contribution is 7.90. The van der Waals surface area contributed by atoms with Crippen LogP contribution in [-0.2, 0) is 14.8 Å². The number of pyridine rings is 1. The van der Waals surface area contributed by atoms with Crippen molar-refractivity contribution < 1.29 is 13.2 Å². The summed E-state index contributed by atoms with van der Waals surface area (Å²) in [4.78, 5) is 21.3. The molecule has 0 bridgehead atoms. The average molecular weight is 387 g/mol. The smallest absolute Gasteiger partial charge is 0.263 e. The highest BCUT2D eigenvalue weighted by Gasteiger charge is 2.31. The van der Waals surface area contributed by atoms with E-state index in [1.54, 1.807) is 30.3 Å². The van der Waals surface area contributed by atoms with Gasteiger partial charge in [0.05, 0.1) is 16.8 Å². The monoisotopic (exact) mass is 387 g/mol. The number of nitrogens with zero attached hydrogens (tertiary/aromatic N) is 2. The van der Waals surface area contributed by atoms with Crippen LogP contribution in [0.3, 0.4) is 0 Å². The Morgan fingerprint density at radius 1 is 1.30 bits per heavy atom. The summed E-state index contributed by atoms with van der Waals surface area (Å²) in [5.74, 6) is 0.219. The van der Waals surface area contributed by atoms with Crippen LogP contribution in [0.1, 0.15) is 31.7 Å². The first kappa shape index (κ1) is 18.8. The Labute approximate surface area is 158 Å². The first-order valence-corrected chi connectivity index (χ1v) is 10.1. The summed E-state index contributed by atoms with van der Waals surface area (Å²) in [7, 11) is -3.65. The number of nitrogens with two attached hydrogens (primary N) is 1. The van der Waals surface area contributed by atoms with E-state index in [1.807, 2.05) is 6.92 Å². The summed E-state index contributed by atoms with van der Waals surface area (Å²) < 4.78 is 26.9. The Hall–Kier alpha value is -2.94. The van der Waals surface area contributed by atoms with Crippen molar-refractivity contribution >= 4 is 33.3 Å². The van der Waals surface area contributed by atoms with Crippen molar-refractivity contribution in [3.8, 4) is 0 Å². The topological polar surface area (TPSA) is 127 Å². The van der Waals surface area contributed by atoms with Crippen LogP contribution in [0.2, 0.25) is 0 Å². The summed E-state index contributed by atoms with van der Waals surface area (Å²) >= 11 is 0. The summed E-state index contributed by atoms with van der Waals surface area (Å²) in [6, 6.07) is 9.08. The number of nitrogens with one attached hydrogen (secondary N) is 2. The summed E-state index contributed by atoms with van der Waals surface area (Å²) in [5, 5.41) is 2.76. The number of hydrogen-bond acceptors (Lipinski definition) is 6. The molecule has 0 spiro atoms. The third-order valence-corrected chi connectivity index (χ3v) is 5.53. The van der Waals surface area contributed by atoms with Gasteiger partial charge in [0, 0.05) is 5.56 Å². The molecular formula is C18H21N5O3S. The van der Waals surface area contributed by atoms with Crippen LogP contribution in [0.4, 0.5) is 11.5 Å². The van der Waals surface area contributed by atoms with Crippen molar-refractivity contribution in [1.82, 2.24) is 9.71 Å². The van der Waals surface area contributed by atoms with E-state index in [9.17, 15) is 13.2 Å². The number of benzene rings is 1. The minimum absolute atomic E-state index is 0.168. The fourth-order valence-electron chi connectivity index (χ4n) is 2.74. The molecule has 0 saturated carbocycles. The number of rotatable bonds is 6. The molecule has 0 aliphatic carbocycles. The number of aromatic nitrogens is 1. The molecule has 1 aromatic heterocycles. The van der Waals surface area contributed by atoms with E-state index in [2.05, 4.69) is 20.0 Å². The molecule has 1 amide bonds. The quantitative estimate of drug-likeness (QED) is 0.698. The molecule has 0 radical (unpaired) electrons. The molecule has 2 aromatic rings. The van der Waals surface area contributed by atoms with Crippen LogP contribution in [-0.4, -0.2) is 31.2 Å². The van der Waals surface area contributed by atoms with E-state index in [0.29, 0.717) is 23.5 Å². The van der Waals surface area contributed by atoms with Gasteiger partial charge in [0.2, 0.25) is 5.91 Å². The van der Waals surface area contributed by atoms with E-state index in [0.717, 1.165) is 12.8 Å². The zero-order chi connectivity index (χ0) is 19.4. The lowest BCUT2D eigenvalue weighted by Gasteiger charge is -2.14. The fourth-order valence-corrected chi connectivity index (χ4v) is 3.98. The second kappa shape index (κ2) is 7.75.